The van der Waals surface area contributed by atoms with E-state index >= 15 is 0 Å². The average Bonchev–Trinajstić information content (AvgIpc) is 2.84. The van der Waals surface area contributed by atoms with Gasteiger partial charge < -0.3 is 5.11 Å². The number of fused-ring (bicyclic) bond motifs is 1. The number of nitrogens with one attached hydrogen (secondary N) is 1. The Morgan fingerprint density at radius 2 is 1.86 bits per heavy atom. The molecule has 3 aromatic rings. The summed E-state index contributed by atoms with van der Waals surface area (Å²) in [7, 11) is 0. The zero-order valence-corrected chi connectivity index (χ0v) is 10.3. The van der Waals surface area contributed by atoms with Crippen LogP contribution in [0.4, 0.5) is 8.78 Å². The predicted octanol–water partition coefficient (Wildman–Crippen LogP) is 1.80. The monoisotopic (exact) mass is 289 g/mol. The summed E-state index contributed by atoms with van der Waals surface area (Å²) >= 11 is 0. The van der Waals surface area contributed by atoms with Crippen LogP contribution in [0.15, 0.2) is 30.6 Å². The molecule has 2 N–H and O–H groups in total. The van der Waals surface area contributed by atoms with Crippen LogP contribution >= 0.6 is 0 Å². The number of pyridine rings is 1. The van der Waals surface area contributed by atoms with Crippen LogP contribution in [0.2, 0.25) is 0 Å². The van der Waals surface area contributed by atoms with Crippen molar-refractivity contribution in [1.29, 1.82) is 0 Å². The predicted molar refractivity (Wildman–Crippen MR) is 67.4 cm³/mol. The Morgan fingerprint density at radius 1 is 1.19 bits per heavy atom. The van der Waals surface area contributed by atoms with Gasteiger partial charge in [-0.2, -0.15) is 5.10 Å². The molecule has 3 rings (SSSR count). The van der Waals surface area contributed by atoms with Crippen molar-refractivity contribution in [3.05, 3.63) is 47.9 Å². The molecule has 0 saturated heterocycles. The minimum atomic E-state index is -1.15. The average molecular weight is 289 g/mol. The number of nitrogens with zero attached hydrogens (tertiary/aromatic N) is 3. The number of carbonyl (C=O) groups is 1. The number of hydrogen-bond donors (Lipinski definition) is 1. The van der Waals surface area contributed by atoms with Crippen LogP contribution in [-0.4, -0.2) is 25.6 Å². The molecule has 0 bridgehead atoms. The Labute approximate surface area is 116 Å². The summed E-state index contributed by atoms with van der Waals surface area (Å²) in [5, 5.41) is 13.6. The highest BCUT2D eigenvalue weighted by Crippen LogP contribution is 2.30. The second-order valence-corrected chi connectivity index (χ2v) is 4.27. The molecule has 6 nitrogen and oxygen atoms in total. The lowest BCUT2D eigenvalue weighted by molar-refractivity contribution is 0.0982. The van der Waals surface area contributed by atoms with Gasteiger partial charge in [0.15, 0.2) is 11.3 Å². The van der Waals surface area contributed by atoms with Crippen molar-refractivity contribution in [2.24, 2.45) is 0 Å². The summed E-state index contributed by atoms with van der Waals surface area (Å²) in [6, 6.07) is 3.97. The zero-order chi connectivity index (χ0) is 15.1. The van der Waals surface area contributed by atoms with Crippen LogP contribution in [0.5, 0.6) is 5.75 Å². The van der Waals surface area contributed by atoms with Gasteiger partial charge >= 0.3 is 0 Å². The van der Waals surface area contributed by atoms with Gasteiger partial charge in [-0.25, -0.2) is 18.3 Å². The molecule has 0 unspecified atom stereocenters. The quantitative estimate of drug-likeness (QED) is 0.778. The number of aromatic nitrogens is 3. The molecule has 0 aliphatic carbocycles. The SMILES string of the molecule is [NH]C(=O)c1c(O)cc(-c2cc(F)cc(F)c2)c2ncnn12. The second kappa shape index (κ2) is 4.51. The fraction of sp³-hybridized carbons (Fsp3) is 0. The van der Waals surface area contributed by atoms with Gasteiger partial charge in [-0.05, 0) is 23.8 Å². The van der Waals surface area contributed by atoms with Crippen molar-refractivity contribution in [3.8, 4) is 16.9 Å². The molecule has 0 fully saturated rings. The largest absolute Gasteiger partial charge is 0.505 e. The van der Waals surface area contributed by atoms with Crippen LogP contribution in [0.1, 0.15) is 10.5 Å². The number of carbonyl (C=O) groups excluding carboxylic acids is 1. The number of aromatic hydroxyl groups is 1. The smallest absolute Gasteiger partial charge is 0.292 e. The van der Waals surface area contributed by atoms with E-state index in [4.69, 9.17) is 5.73 Å². The molecule has 0 spiro atoms. The van der Waals surface area contributed by atoms with E-state index in [0.29, 0.717) is 6.07 Å². The minimum absolute atomic E-state index is 0.105. The highest BCUT2D eigenvalue weighted by atomic mass is 19.1. The molecule has 1 aromatic carbocycles. The van der Waals surface area contributed by atoms with Crippen molar-refractivity contribution in [2.45, 2.75) is 0 Å². The maximum absolute atomic E-state index is 13.3. The normalized spacial score (nSPS) is 11.0. The third kappa shape index (κ3) is 2.06. The van der Waals surface area contributed by atoms with Gasteiger partial charge in [0, 0.05) is 11.6 Å². The van der Waals surface area contributed by atoms with Crippen molar-refractivity contribution >= 4 is 11.6 Å². The van der Waals surface area contributed by atoms with Crippen molar-refractivity contribution in [3.63, 3.8) is 0 Å². The standard InChI is InChI=1S/C13H7F2N4O2/c14-7-1-6(2-8(15)3-7)9-4-10(20)11(12(16)21)19-13(9)17-5-18-19/h1-5,16,20H. The Morgan fingerprint density at radius 3 is 2.48 bits per heavy atom. The first-order valence-corrected chi connectivity index (χ1v) is 5.75. The van der Waals surface area contributed by atoms with E-state index < -0.39 is 23.3 Å². The molecule has 2 heterocycles. The summed E-state index contributed by atoms with van der Waals surface area (Å²) in [5.41, 5.74) is 7.17. The molecule has 0 aliphatic rings. The highest BCUT2D eigenvalue weighted by molar-refractivity contribution is 5.95. The molecule has 0 saturated carbocycles. The molecule has 8 heteroatoms. The minimum Gasteiger partial charge on any atom is -0.505 e. The van der Waals surface area contributed by atoms with Crippen LogP contribution < -0.4 is 5.73 Å². The fourth-order valence-corrected chi connectivity index (χ4v) is 2.10. The van der Waals surface area contributed by atoms with Crippen molar-refractivity contribution in [2.75, 3.05) is 0 Å². The van der Waals surface area contributed by atoms with Gasteiger partial charge in [0.1, 0.15) is 23.7 Å². The van der Waals surface area contributed by atoms with Crippen molar-refractivity contribution < 1.29 is 18.7 Å². The third-order valence-electron chi connectivity index (χ3n) is 2.91. The van der Waals surface area contributed by atoms with E-state index in [0.717, 1.165) is 29.0 Å². The zero-order valence-electron chi connectivity index (χ0n) is 10.3. The van der Waals surface area contributed by atoms with Crippen molar-refractivity contribution in [1.82, 2.24) is 20.3 Å². The first-order valence-electron chi connectivity index (χ1n) is 5.75. The summed E-state index contributed by atoms with van der Waals surface area (Å²) in [6.07, 6.45) is 1.11. The Kier molecular flexibility index (Phi) is 2.79. The Balaban J connectivity index is 2.36. The molecule has 21 heavy (non-hydrogen) atoms. The van der Waals surface area contributed by atoms with E-state index in [1.807, 2.05) is 0 Å². The maximum atomic E-state index is 13.3. The number of hydrogen-bond acceptors (Lipinski definition) is 4. The third-order valence-corrected chi connectivity index (χ3v) is 2.91. The lowest BCUT2D eigenvalue weighted by atomic mass is 10.1. The van der Waals surface area contributed by atoms with E-state index in [-0.39, 0.29) is 22.5 Å². The molecular formula is C13H7F2N4O2. The number of benzene rings is 1. The number of amides is 1. The van der Waals surface area contributed by atoms with Gasteiger partial charge in [-0.1, -0.05) is 0 Å². The van der Waals surface area contributed by atoms with E-state index in [2.05, 4.69) is 10.1 Å². The highest BCUT2D eigenvalue weighted by Gasteiger charge is 2.19. The number of halogens is 2. The summed E-state index contributed by atoms with van der Waals surface area (Å²) in [5.74, 6) is -3.25. The lowest BCUT2D eigenvalue weighted by Crippen LogP contribution is -2.09. The van der Waals surface area contributed by atoms with Gasteiger partial charge in [0.05, 0.1) is 0 Å². The lowest BCUT2D eigenvalue weighted by Gasteiger charge is -2.08. The van der Waals surface area contributed by atoms with Gasteiger partial charge in [-0.15, -0.1) is 0 Å². The van der Waals surface area contributed by atoms with Crippen LogP contribution in [-0.2, 0) is 0 Å². The maximum Gasteiger partial charge on any atom is 0.292 e. The Hall–Kier alpha value is -3.03. The molecule has 0 aliphatic heterocycles. The summed E-state index contributed by atoms with van der Waals surface area (Å²) in [4.78, 5) is 15.1. The summed E-state index contributed by atoms with van der Waals surface area (Å²) in [6.45, 7) is 0. The molecule has 2 aromatic heterocycles. The molecule has 1 radical (unpaired) electrons. The second-order valence-electron chi connectivity index (χ2n) is 4.27. The first kappa shape index (κ1) is 13.0. The van der Waals surface area contributed by atoms with E-state index in [1.165, 1.54) is 0 Å². The van der Waals surface area contributed by atoms with E-state index in [9.17, 15) is 18.7 Å². The Bertz CT molecular complexity index is 856. The molecule has 1 amide bonds. The van der Waals surface area contributed by atoms with Crippen LogP contribution in [0, 0.1) is 11.6 Å². The van der Waals surface area contributed by atoms with Crippen LogP contribution in [0.25, 0.3) is 16.8 Å². The molecule has 105 valence electrons. The van der Waals surface area contributed by atoms with Gasteiger partial charge in [0.2, 0.25) is 0 Å². The van der Waals surface area contributed by atoms with Crippen LogP contribution in [0.3, 0.4) is 0 Å². The molecule has 0 atom stereocenters. The topological polar surface area (TPSA) is 91.3 Å². The first-order chi connectivity index (χ1) is 9.97. The van der Waals surface area contributed by atoms with Gasteiger partial charge in [0.25, 0.3) is 5.91 Å². The summed E-state index contributed by atoms with van der Waals surface area (Å²) < 4.78 is 27.6. The van der Waals surface area contributed by atoms with Gasteiger partial charge in [-0.3, -0.25) is 10.5 Å². The van der Waals surface area contributed by atoms with E-state index in [1.54, 1.807) is 0 Å². The fourth-order valence-electron chi connectivity index (χ4n) is 2.10. The number of rotatable bonds is 2. The molecular weight excluding hydrogens is 282 g/mol.